The third-order valence-corrected chi connectivity index (χ3v) is 3.95. The highest BCUT2D eigenvalue weighted by molar-refractivity contribution is 5.98. The number of anilines is 1. The quantitative estimate of drug-likeness (QED) is 0.870. The van der Waals surface area contributed by atoms with Crippen LogP contribution in [0.1, 0.15) is 24.9 Å². The van der Waals surface area contributed by atoms with Crippen molar-refractivity contribution in [2.24, 2.45) is 0 Å². The van der Waals surface area contributed by atoms with E-state index in [-0.39, 0.29) is 11.9 Å². The molecule has 1 unspecified atom stereocenters. The largest absolute Gasteiger partial charge is 0.495 e. The van der Waals surface area contributed by atoms with Crippen molar-refractivity contribution in [3.8, 4) is 5.75 Å². The number of para-hydroxylation sites is 1. The van der Waals surface area contributed by atoms with E-state index in [4.69, 9.17) is 4.74 Å². The van der Waals surface area contributed by atoms with Crippen molar-refractivity contribution in [2.45, 2.75) is 25.8 Å². The third kappa shape index (κ3) is 2.39. The first kappa shape index (κ1) is 13.7. The lowest BCUT2D eigenvalue weighted by Gasteiger charge is -2.32. The fraction of sp³-hybridized carbons (Fsp3) is 0.375. The molecule has 1 aromatic heterocycles. The topological polar surface area (TPSA) is 47.4 Å². The number of hydrogen-bond donors (Lipinski definition) is 0. The van der Waals surface area contributed by atoms with Gasteiger partial charge < -0.3 is 9.64 Å². The van der Waals surface area contributed by atoms with Crippen LogP contribution >= 0.6 is 0 Å². The fourth-order valence-corrected chi connectivity index (χ4v) is 2.85. The van der Waals surface area contributed by atoms with Crippen LogP contribution in [0.25, 0.3) is 0 Å². The first-order valence-corrected chi connectivity index (χ1v) is 7.18. The van der Waals surface area contributed by atoms with Crippen molar-refractivity contribution >= 4 is 11.6 Å². The number of benzene rings is 1. The minimum atomic E-state index is -0.323. The van der Waals surface area contributed by atoms with E-state index in [1.54, 1.807) is 18.0 Å². The number of ether oxygens (including phenoxy) is 1. The van der Waals surface area contributed by atoms with Gasteiger partial charge >= 0.3 is 0 Å². The molecule has 0 spiro atoms. The van der Waals surface area contributed by atoms with Gasteiger partial charge in [-0.15, -0.1) is 0 Å². The minimum Gasteiger partial charge on any atom is -0.495 e. The molecule has 2 aromatic rings. The molecule has 0 aliphatic carbocycles. The highest BCUT2D eigenvalue weighted by atomic mass is 16.5. The van der Waals surface area contributed by atoms with Crippen molar-refractivity contribution in [1.29, 1.82) is 0 Å². The molecule has 0 N–H and O–H groups in total. The highest BCUT2D eigenvalue weighted by Gasteiger charge is 2.29. The Hall–Kier alpha value is -2.30. The molecule has 1 atom stereocenters. The van der Waals surface area contributed by atoms with Crippen molar-refractivity contribution in [2.75, 3.05) is 18.6 Å². The van der Waals surface area contributed by atoms with Gasteiger partial charge in [0, 0.05) is 18.9 Å². The summed E-state index contributed by atoms with van der Waals surface area (Å²) >= 11 is 0. The number of nitrogens with zero attached hydrogens (tertiary/aromatic N) is 3. The number of amides is 1. The molecule has 5 heteroatoms. The fourth-order valence-electron chi connectivity index (χ4n) is 2.85. The van der Waals surface area contributed by atoms with Crippen LogP contribution in [0.5, 0.6) is 5.75 Å². The standard InChI is InChI=1S/C16H19N3O2/c1-12(19-11-5-9-17-19)16(20)18-10-4-7-13-6-3-8-14(21-2)15(13)18/h3,5-6,8-9,11-12H,4,7,10H2,1-2H3. The molecule has 0 fully saturated rings. The smallest absolute Gasteiger partial charge is 0.251 e. The lowest BCUT2D eigenvalue weighted by Crippen LogP contribution is -2.40. The van der Waals surface area contributed by atoms with Crippen molar-refractivity contribution in [3.63, 3.8) is 0 Å². The molecule has 0 saturated carbocycles. The van der Waals surface area contributed by atoms with E-state index in [0.29, 0.717) is 0 Å². The predicted octanol–water partition coefficient (Wildman–Crippen LogP) is 2.43. The van der Waals surface area contributed by atoms with Crippen LogP contribution in [-0.2, 0) is 11.2 Å². The first-order valence-electron chi connectivity index (χ1n) is 7.18. The maximum Gasteiger partial charge on any atom is 0.251 e. The van der Waals surface area contributed by atoms with Gasteiger partial charge in [-0.3, -0.25) is 9.48 Å². The molecule has 21 heavy (non-hydrogen) atoms. The molecular formula is C16H19N3O2. The predicted molar refractivity (Wildman–Crippen MR) is 80.6 cm³/mol. The maximum atomic E-state index is 12.8. The van der Waals surface area contributed by atoms with Gasteiger partial charge in [0.05, 0.1) is 12.8 Å². The average Bonchev–Trinajstić information content (AvgIpc) is 3.06. The van der Waals surface area contributed by atoms with Gasteiger partial charge in [-0.25, -0.2) is 0 Å². The van der Waals surface area contributed by atoms with Gasteiger partial charge in [0.1, 0.15) is 11.8 Å². The zero-order valence-electron chi connectivity index (χ0n) is 12.3. The summed E-state index contributed by atoms with van der Waals surface area (Å²) in [6, 6.07) is 7.45. The van der Waals surface area contributed by atoms with Gasteiger partial charge in [-0.05, 0) is 37.5 Å². The van der Waals surface area contributed by atoms with E-state index < -0.39 is 0 Å². The summed E-state index contributed by atoms with van der Waals surface area (Å²) in [5.74, 6) is 0.803. The Labute approximate surface area is 124 Å². The molecular weight excluding hydrogens is 266 g/mol. The molecule has 3 rings (SSSR count). The summed E-state index contributed by atoms with van der Waals surface area (Å²) in [4.78, 5) is 14.7. The molecule has 2 heterocycles. The number of aryl methyl sites for hydroxylation is 1. The lowest BCUT2D eigenvalue weighted by molar-refractivity contribution is -0.121. The van der Waals surface area contributed by atoms with Crippen LogP contribution in [0.4, 0.5) is 5.69 Å². The van der Waals surface area contributed by atoms with Gasteiger partial charge in [-0.1, -0.05) is 12.1 Å². The maximum absolute atomic E-state index is 12.8. The van der Waals surface area contributed by atoms with Crippen LogP contribution in [-0.4, -0.2) is 29.3 Å². The number of methoxy groups -OCH3 is 1. The van der Waals surface area contributed by atoms with Crippen molar-refractivity contribution in [3.05, 3.63) is 42.2 Å². The van der Waals surface area contributed by atoms with Gasteiger partial charge in [0.2, 0.25) is 0 Å². The van der Waals surface area contributed by atoms with E-state index in [0.717, 1.165) is 30.8 Å². The Morgan fingerprint density at radius 2 is 2.24 bits per heavy atom. The number of carbonyl (C=O) groups excluding carboxylic acids is 1. The summed E-state index contributed by atoms with van der Waals surface area (Å²) < 4.78 is 7.13. The normalized spacial score (nSPS) is 15.4. The molecule has 110 valence electrons. The second kappa shape index (κ2) is 5.60. The Morgan fingerprint density at radius 1 is 1.38 bits per heavy atom. The molecule has 1 aliphatic heterocycles. The molecule has 0 bridgehead atoms. The molecule has 5 nitrogen and oxygen atoms in total. The molecule has 1 aliphatic rings. The summed E-state index contributed by atoms with van der Waals surface area (Å²) in [6.07, 6.45) is 5.45. The molecule has 1 aromatic carbocycles. The van der Waals surface area contributed by atoms with Crippen LogP contribution in [0, 0.1) is 0 Å². The van der Waals surface area contributed by atoms with E-state index >= 15 is 0 Å². The van der Waals surface area contributed by atoms with E-state index in [1.807, 2.05) is 36.2 Å². The number of fused-ring (bicyclic) bond motifs is 1. The van der Waals surface area contributed by atoms with Crippen molar-refractivity contribution < 1.29 is 9.53 Å². The zero-order valence-corrected chi connectivity index (χ0v) is 12.3. The Kier molecular flexibility index (Phi) is 3.64. The number of rotatable bonds is 3. The van der Waals surface area contributed by atoms with Gasteiger partial charge in [0.25, 0.3) is 5.91 Å². The summed E-state index contributed by atoms with van der Waals surface area (Å²) in [5.41, 5.74) is 2.08. The Bertz CT molecular complexity index is 623. The van der Waals surface area contributed by atoms with E-state index in [9.17, 15) is 4.79 Å². The third-order valence-electron chi connectivity index (χ3n) is 3.95. The van der Waals surface area contributed by atoms with E-state index in [2.05, 4.69) is 11.2 Å². The van der Waals surface area contributed by atoms with Crippen LogP contribution in [0.3, 0.4) is 0 Å². The van der Waals surface area contributed by atoms with Gasteiger partial charge in [0.15, 0.2) is 0 Å². The molecule has 1 amide bonds. The van der Waals surface area contributed by atoms with Crippen LogP contribution in [0.15, 0.2) is 36.7 Å². The SMILES string of the molecule is COc1cccc2c1N(C(=O)C(C)n1cccn1)CCC2. The second-order valence-electron chi connectivity index (χ2n) is 5.22. The monoisotopic (exact) mass is 285 g/mol. The summed E-state index contributed by atoms with van der Waals surface area (Å²) in [6.45, 7) is 2.59. The van der Waals surface area contributed by atoms with Gasteiger partial charge in [-0.2, -0.15) is 5.10 Å². The lowest BCUT2D eigenvalue weighted by atomic mass is 10.00. The minimum absolute atomic E-state index is 0.0455. The summed E-state index contributed by atoms with van der Waals surface area (Å²) in [5, 5.41) is 4.17. The number of aromatic nitrogens is 2. The van der Waals surface area contributed by atoms with Crippen LogP contribution < -0.4 is 9.64 Å². The number of hydrogen-bond acceptors (Lipinski definition) is 3. The van der Waals surface area contributed by atoms with E-state index in [1.165, 1.54) is 5.56 Å². The molecule has 0 saturated heterocycles. The summed E-state index contributed by atoms with van der Waals surface area (Å²) in [7, 11) is 1.64. The Balaban J connectivity index is 1.96. The molecule has 0 radical (unpaired) electrons. The highest BCUT2D eigenvalue weighted by Crippen LogP contribution is 2.37. The van der Waals surface area contributed by atoms with Crippen LogP contribution in [0.2, 0.25) is 0 Å². The Morgan fingerprint density at radius 3 is 2.95 bits per heavy atom. The number of carbonyl (C=O) groups is 1. The zero-order chi connectivity index (χ0) is 14.8. The second-order valence-corrected chi connectivity index (χ2v) is 5.22. The average molecular weight is 285 g/mol. The van der Waals surface area contributed by atoms with Crippen molar-refractivity contribution in [1.82, 2.24) is 9.78 Å². The first-order chi connectivity index (χ1) is 10.2.